The third-order valence-corrected chi connectivity index (χ3v) is 5.76. The van der Waals surface area contributed by atoms with Crippen molar-refractivity contribution >= 4 is 40.2 Å². The maximum absolute atomic E-state index is 12.1. The fourth-order valence-electron chi connectivity index (χ4n) is 2.71. The van der Waals surface area contributed by atoms with E-state index in [0.717, 1.165) is 26.4 Å². The first-order valence-corrected chi connectivity index (χ1v) is 10.1. The van der Waals surface area contributed by atoms with E-state index < -0.39 is 17.9 Å². The Bertz CT molecular complexity index is 928. The lowest BCUT2D eigenvalue weighted by molar-refractivity contribution is -0.136. The zero-order valence-electron chi connectivity index (χ0n) is 15.0. The number of thiophene rings is 2. The quantitative estimate of drug-likeness (QED) is 0.571. The van der Waals surface area contributed by atoms with Gasteiger partial charge in [-0.1, -0.05) is 6.07 Å². The molecule has 3 rings (SSSR count). The van der Waals surface area contributed by atoms with E-state index in [4.69, 9.17) is 0 Å². The van der Waals surface area contributed by atoms with Crippen LogP contribution in [0.25, 0.3) is 0 Å². The molecule has 1 aromatic carbocycles. The molecule has 27 heavy (non-hydrogen) atoms. The highest BCUT2D eigenvalue weighted by Gasteiger charge is 2.16. The Morgan fingerprint density at radius 1 is 1.07 bits per heavy atom. The predicted molar refractivity (Wildman–Crippen MR) is 109 cm³/mol. The molecule has 0 spiro atoms. The van der Waals surface area contributed by atoms with Gasteiger partial charge in [-0.2, -0.15) is 11.3 Å². The lowest BCUT2D eigenvalue weighted by Gasteiger charge is -2.08. The summed E-state index contributed by atoms with van der Waals surface area (Å²) in [5, 5.41) is 19.4. The number of hydrogen-bond acceptors (Lipinski definition) is 5. The van der Waals surface area contributed by atoms with Crippen LogP contribution in [-0.4, -0.2) is 16.9 Å². The second-order valence-electron chi connectivity index (χ2n) is 6.28. The Morgan fingerprint density at radius 2 is 1.81 bits per heavy atom. The number of nitrogens with one attached hydrogen (secondary N) is 2. The van der Waals surface area contributed by atoms with Crippen molar-refractivity contribution in [3.05, 3.63) is 73.6 Å². The fraction of sp³-hybridized carbons (Fsp3) is 0.200. The summed E-state index contributed by atoms with van der Waals surface area (Å²) in [6.45, 7) is 4.10. The van der Waals surface area contributed by atoms with Gasteiger partial charge in [0.2, 0.25) is 0 Å². The van der Waals surface area contributed by atoms with Gasteiger partial charge >= 0.3 is 11.8 Å². The van der Waals surface area contributed by atoms with Crippen LogP contribution in [0, 0.1) is 13.8 Å². The standard InChI is InChI=1S/C20H20N2O3S2/c1-12-7-13(2)9-15(8-12)22-20(25)19(24)21-10-16-3-4-17(27-16)18(23)14-5-6-26-11-14/h3-9,11,18,23H,10H2,1-2H3,(H,21,24)(H,22,25). The van der Waals surface area contributed by atoms with Gasteiger partial charge in [-0.15, -0.1) is 11.3 Å². The summed E-state index contributed by atoms with van der Waals surface area (Å²) in [5.74, 6) is -1.39. The Labute approximate surface area is 165 Å². The van der Waals surface area contributed by atoms with Gasteiger partial charge < -0.3 is 15.7 Å². The van der Waals surface area contributed by atoms with E-state index in [1.165, 1.54) is 22.7 Å². The monoisotopic (exact) mass is 400 g/mol. The minimum absolute atomic E-state index is 0.236. The Hall–Kier alpha value is -2.48. The molecule has 0 aliphatic heterocycles. The molecule has 3 N–H and O–H groups in total. The number of rotatable bonds is 5. The number of benzene rings is 1. The summed E-state index contributed by atoms with van der Waals surface area (Å²) in [5.41, 5.74) is 3.48. The smallest absolute Gasteiger partial charge is 0.313 e. The second-order valence-corrected chi connectivity index (χ2v) is 8.26. The van der Waals surface area contributed by atoms with Crippen molar-refractivity contribution in [1.29, 1.82) is 0 Å². The zero-order valence-corrected chi connectivity index (χ0v) is 16.6. The molecule has 0 saturated carbocycles. The Morgan fingerprint density at radius 3 is 2.48 bits per heavy atom. The van der Waals surface area contributed by atoms with Crippen LogP contribution in [0.4, 0.5) is 5.69 Å². The van der Waals surface area contributed by atoms with E-state index in [0.29, 0.717) is 5.69 Å². The molecule has 2 aromatic heterocycles. The van der Waals surface area contributed by atoms with Crippen molar-refractivity contribution < 1.29 is 14.7 Å². The molecule has 7 heteroatoms. The number of aryl methyl sites for hydroxylation is 2. The molecule has 3 aromatic rings. The molecule has 1 atom stereocenters. The topological polar surface area (TPSA) is 78.4 Å². The van der Waals surface area contributed by atoms with E-state index in [2.05, 4.69) is 10.6 Å². The number of anilines is 1. The van der Waals surface area contributed by atoms with Gasteiger partial charge in [0.1, 0.15) is 6.10 Å². The molecular formula is C20H20N2O3S2. The van der Waals surface area contributed by atoms with Crippen LogP contribution in [0.2, 0.25) is 0 Å². The minimum atomic E-state index is -0.699. The van der Waals surface area contributed by atoms with E-state index in [1.807, 2.05) is 61.0 Å². The summed E-state index contributed by atoms with van der Waals surface area (Å²) >= 11 is 2.94. The molecule has 2 heterocycles. The van der Waals surface area contributed by atoms with Crippen molar-refractivity contribution in [3.63, 3.8) is 0 Å². The van der Waals surface area contributed by atoms with Gasteiger partial charge in [-0.05, 0) is 71.6 Å². The van der Waals surface area contributed by atoms with Crippen molar-refractivity contribution in [2.24, 2.45) is 0 Å². The molecule has 0 aliphatic rings. The van der Waals surface area contributed by atoms with Crippen LogP contribution in [0.1, 0.15) is 32.5 Å². The van der Waals surface area contributed by atoms with Gasteiger partial charge in [0.05, 0.1) is 6.54 Å². The molecule has 2 amide bonds. The third kappa shape index (κ3) is 5.03. The molecular weight excluding hydrogens is 380 g/mol. The Balaban J connectivity index is 1.55. The van der Waals surface area contributed by atoms with Crippen LogP contribution in [-0.2, 0) is 16.1 Å². The lowest BCUT2D eigenvalue weighted by Crippen LogP contribution is -2.34. The number of hydrogen-bond donors (Lipinski definition) is 3. The fourth-order valence-corrected chi connectivity index (χ4v) is 4.36. The first-order valence-electron chi connectivity index (χ1n) is 8.38. The van der Waals surface area contributed by atoms with Crippen molar-refractivity contribution in [3.8, 4) is 0 Å². The van der Waals surface area contributed by atoms with Crippen LogP contribution >= 0.6 is 22.7 Å². The molecule has 5 nitrogen and oxygen atoms in total. The van der Waals surface area contributed by atoms with E-state index in [9.17, 15) is 14.7 Å². The molecule has 0 aliphatic carbocycles. The van der Waals surface area contributed by atoms with Crippen LogP contribution in [0.3, 0.4) is 0 Å². The number of aliphatic hydroxyl groups excluding tert-OH is 1. The normalized spacial score (nSPS) is 11.8. The summed E-state index contributed by atoms with van der Waals surface area (Å²) in [7, 11) is 0. The SMILES string of the molecule is Cc1cc(C)cc(NC(=O)C(=O)NCc2ccc(C(O)c3ccsc3)s2)c1. The summed E-state index contributed by atoms with van der Waals surface area (Å²) in [6, 6.07) is 11.2. The van der Waals surface area contributed by atoms with Gasteiger partial charge in [0.15, 0.2) is 0 Å². The minimum Gasteiger partial charge on any atom is -0.383 e. The summed E-state index contributed by atoms with van der Waals surface area (Å²) in [4.78, 5) is 25.8. The van der Waals surface area contributed by atoms with E-state index in [-0.39, 0.29) is 6.54 Å². The molecule has 0 radical (unpaired) electrons. The molecule has 0 saturated heterocycles. The van der Waals surface area contributed by atoms with Crippen molar-refractivity contribution in [1.82, 2.24) is 5.32 Å². The number of carbonyl (C=O) groups is 2. The van der Waals surface area contributed by atoms with Crippen LogP contribution < -0.4 is 10.6 Å². The van der Waals surface area contributed by atoms with Gasteiger partial charge in [-0.3, -0.25) is 9.59 Å². The largest absolute Gasteiger partial charge is 0.383 e. The summed E-state index contributed by atoms with van der Waals surface area (Å²) < 4.78 is 0. The summed E-state index contributed by atoms with van der Waals surface area (Å²) in [6.07, 6.45) is -0.668. The molecule has 1 unspecified atom stereocenters. The van der Waals surface area contributed by atoms with E-state index in [1.54, 1.807) is 0 Å². The first kappa shape index (κ1) is 19.3. The highest BCUT2D eigenvalue weighted by molar-refractivity contribution is 7.12. The average Bonchev–Trinajstić information content (AvgIpc) is 3.30. The van der Waals surface area contributed by atoms with Crippen molar-refractivity contribution in [2.45, 2.75) is 26.5 Å². The number of amides is 2. The predicted octanol–water partition coefficient (Wildman–Crippen LogP) is 3.76. The van der Waals surface area contributed by atoms with E-state index >= 15 is 0 Å². The first-order chi connectivity index (χ1) is 12.9. The van der Waals surface area contributed by atoms with Gasteiger partial charge in [0.25, 0.3) is 0 Å². The lowest BCUT2D eigenvalue weighted by atomic mass is 10.1. The van der Waals surface area contributed by atoms with Crippen molar-refractivity contribution in [2.75, 3.05) is 5.32 Å². The van der Waals surface area contributed by atoms with Crippen LogP contribution in [0.5, 0.6) is 0 Å². The maximum atomic E-state index is 12.1. The molecule has 140 valence electrons. The van der Waals surface area contributed by atoms with Crippen LogP contribution in [0.15, 0.2) is 47.2 Å². The zero-order chi connectivity index (χ0) is 19.4. The molecule has 0 bridgehead atoms. The number of aliphatic hydroxyl groups is 1. The third-order valence-electron chi connectivity index (χ3n) is 3.92. The number of carbonyl (C=O) groups excluding carboxylic acids is 2. The maximum Gasteiger partial charge on any atom is 0.313 e. The van der Waals surface area contributed by atoms with Gasteiger partial charge in [-0.25, -0.2) is 0 Å². The van der Waals surface area contributed by atoms with Gasteiger partial charge in [0, 0.05) is 15.4 Å². The highest BCUT2D eigenvalue weighted by atomic mass is 32.1. The Kier molecular flexibility index (Phi) is 6.05. The second kappa shape index (κ2) is 8.47. The highest BCUT2D eigenvalue weighted by Crippen LogP contribution is 2.29. The average molecular weight is 401 g/mol. The molecule has 0 fully saturated rings.